The van der Waals surface area contributed by atoms with E-state index in [1.807, 2.05) is 0 Å². The number of carbonyl (C=O) groups excluding carboxylic acids is 3. The summed E-state index contributed by atoms with van der Waals surface area (Å²) in [5, 5.41) is 7.65. The maximum absolute atomic E-state index is 14.9. The lowest BCUT2D eigenvalue weighted by Crippen LogP contribution is -2.53. The predicted molar refractivity (Wildman–Crippen MR) is 185 cm³/mol. The van der Waals surface area contributed by atoms with Crippen molar-refractivity contribution < 1.29 is 46.5 Å². The molecule has 3 aromatic rings. The second-order valence-electron chi connectivity index (χ2n) is 13.9. The summed E-state index contributed by atoms with van der Waals surface area (Å²) in [7, 11) is 4.21. The molecule has 2 amide bonds. The number of rotatable bonds is 11. The molecule has 16 heteroatoms. The SMILES string of the molecule is COc1ccc(COC(=O)[C@@]2(C)CCCC[C@H]2C(=O)N2CCc3c(Cl)ccc(OCc4nnn(C)c4C(F)(F)F)c3C2CN2CCCC2=O)c(OC)c1. The van der Waals surface area contributed by atoms with Crippen molar-refractivity contribution >= 4 is 29.4 Å². The van der Waals surface area contributed by atoms with Gasteiger partial charge in [-0.15, -0.1) is 5.10 Å². The van der Waals surface area contributed by atoms with Crippen LogP contribution in [0.3, 0.4) is 0 Å². The minimum atomic E-state index is -4.72. The molecule has 2 fully saturated rings. The number of aromatic nitrogens is 3. The Morgan fingerprint density at radius 3 is 2.51 bits per heavy atom. The third-order valence-electron chi connectivity index (χ3n) is 10.8. The molecule has 3 heterocycles. The van der Waals surface area contributed by atoms with Crippen molar-refractivity contribution in [2.75, 3.05) is 33.9 Å². The third kappa shape index (κ3) is 7.62. The Labute approximate surface area is 310 Å². The van der Waals surface area contributed by atoms with E-state index >= 15 is 0 Å². The molecule has 0 spiro atoms. The van der Waals surface area contributed by atoms with Gasteiger partial charge in [-0.2, -0.15) is 13.2 Å². The molecular formula is C37H43ClF3N5O7. The fourth-order valence-corrected chi connectivity index (χ4v) is 8.17. The zero-order valence-electron chi connectivity index (χ0n) is 30.1. The van der Waals surface area contributed by atoms with Crippen molar-refractivity contribution in [2.45, 2.75) is 77.3 Å². The molecule has 53 heavy (non-hydrogen) atoms. The van der Waals surface area contributed by atoms with E-state index in [4.69, 9.17) is 30.5 Å². The second-order valence-corrected chi connectivity index (χ2v) is 14.4. The zero-order valence-corrected chi connectivity index (χ0v) is 30.9. The molecule has 286 valence electrons. The van der Waals surface area contributed by atoms with Crippen LogP contribution < -0.4 is 14.2 Å². The number of benzene rings is 2. The first-order chi connectivity index (χ1) is 25.3. The number of hydrogen-bond acceptors (Lipinski definition) is 9. The van der Waals surface area contributed by atoms with Crippen molar-refractivity contribution in [2.24, 2.45) is 18.4 Å². The minimum Gasteiger partial charge on any atom is -0.497 e. The first-order valence-electron chi connectivity index (χ1n) is 17.6. The zero-order chi connectivity index (χ0) is 38.1. The van der Waals surface area contributed by atoms with Crippen LogP contribution in [0, 0.1) is 11.3 Å². The summed E-state index contributed by atoms with van der Waals surface area (Å²) in [5.41, 5.74) is -0.759. The molecule has 1 unspecified atom stereocenters. The highest BCUT2D eigenvalue weighted by Crippen LogP contribution is 2.47. The molecule has 1 saturated carbocycles. The number of esters is 1. The largest absolute Gasteiger partial charge is 0.497 e. The summed E-state index contributed by atoms with van der Waals surface area (Å²) in [4.78, 5) is 45.2. The van der Waals surface area contributed by atoms with Crippen LogP contribution in [0.1, 0.15) is 79.6 Å². The highest BCUT2D eigenvalue weighted by Gasteiger charge is 2.51. The van der Waals surface area contributed by atoms with E-state index in [1.54, 1.807) is 54.2 Å². The van der Waals surface area contributed by atoms with Crippen LogP contribution in [-0.2, 0) is 52.0 Å². The lowest BCUT2D eigenvalue weighted by Gasteiger charge is -2.45. The van der Waals surface area contributed by atoms with Gasteiger partial charge in [0, 0.05) is 55.3 Å². The summed E-state index contributed by atoms with van der Waals surface area (Å²) in [6.45, 7) is 2.00. The molecule has 6 rings (SSSR count). The Balaban J connectivity index is 1.31. The molecule has 2 aromatic carbocycles. The Bertz CT molecular complexity index is 1870. The number of alkyl halides is 3. The smallest absolute Gasteiger partial charge is 0.435 e. The molecule has 3 aliphatic rings. The maximum atomic E-state index is 14.9. The van der Waals surface area contributed by atoms with Gasteiger partial charge in [0.15, 0.2) is 5.69 Å². The van der Waals surface area contributed by atoms with Gasteiger partial charge in [0.05, 0.1) is 31.6 Å². The van der Waals surface area contributed by atoms with E-state index in [-0.39, 0.29) is 37.3 Å². The normalized spacial score (nSPS) is 21.7. The van der Waals surface area contributed by atoms with Crippen molar-refractivity contribution in [3.05, 3.63) is 63.4 Å². The summed E-state index contributed by atoms with van der Waals surface area (Å²) >= 11 is 6.73. The fraction of sp³-hybridized carbons (Fsp3) is 0.541. The van der Waals surface area contributed by atoms with Crippen LogP contribution in [0.25, 0.3) is 0 Å². The van der Waals surface area contributed by atoms with Gasteiger partial charge < -0.3 is 28.7 Å². The lowest BCUT2D eigenvalue weighted by atomic mass is 9.66. The van der Waals surface area contributed by atoms with Gasteiger partial charge in [-0.1, -0.05) is 29.7 Å². The van der Waals surface area contributed by atoms with Crippen LogP contribution in [0.15, 0.2) is 30.3 Å². The Morgan fingerprint density at radius 1 is 1.02 bits per heavy atom. The number of fused-ring (bicyclic) bond motifs is 1. The number of aryl methyl sites for hydroxylation is 1. The second kappa shape index (κ2) is 15.4. The van der Waals surface area contributed by atoms with Crippen molar-refractivity contribution in [3.8, 4) is 17.2 Å². The van der Waals surface area contributed by atoms with Crippen LogP contribution in [-0.4, -0.2) is 76.4 Å². The average Bonchev–Trinajstić information content (AvgIpc) is 3.73. The van der Waals surface area contributed by atoms with Gasteiger partial charge >= 0.3 is 12.1 Å². The highest BCUT2D eigenvalue weighted by molar-refractivity contribution is 6.31. The van der Waals surface area contributed by atoms with Crippen molar-refractivity contribution in [1.29, 1.82) is 0 Å². The van der Waals surface area contributed by atoms with Crippen LogP contribution in [0.5, 0.6) is 17.2 Å². The topological polar surface area (TPSA) is 125 Å². The van der Waals surface area contributed by atoms with Gasteiger partial charge in [-0.3, -0.25) is 14.4 Å². The molecule has 3 atom stereocenters. The van der Waals surface area contributed by atoms with Crippen LogP contribution >= 0.6 is 11.6 Å². The van der Waals surface area contributed by atoms with Crippen molar-refractivity contribution in [1.82, 2.24) is 24.8 Å². The molecule has 0 bridgehead atoms. The highest BCUT2D eigenvalue weighted by atomic mass is 35.5. The van der Waals surface area contributed by atoms with E-state index in [9.17, 15) is 27.6 Å². The average molecular weight is 762 g/mol. The van der Waals surface area contributed by atoms with E-state index in [0.29, 0.717) is 76.5 Å². The quantitative estimate of drug-likeness (QED) is 0.214. The molecule has 1 aliphatic carbocycles. The van der Waals surface area contributed by atoms with Gasteiger partial charge in [0.1, 0.15) is 36.2 Å². The molecular weight excluding hydrogens is 719 g/mol. The predicted octanol–water partition coefficient (Wildman–Crippen LogP) is 6.07. The monoisotopic (exact) mass is 761 g/mol. The number of carbonyl (C=O) groups is 3. The van der Waals surface area contributed by atoms with Gasteiger partial charge in [-0.05, 0) is 62.4 Å². The lowest BCUT2D eigenvalue weighted by molar-refractivity contribution is -0.169. The number of ether oxygens (including phenoxy) is 4. The molecule has 2 aliphatic heterocycles. The number of halogens is 4. The fourth-order valence-electron chi connectivity index (χ4n) is 7.91. The molecule has 1 saturated heterocycles. The number of amides is 2. The van der Waals surface area contributed by atoms with E-state index in [1.165, 1.54) is 7.11 Å². The maximum Gasteiger partial charge on any atom is 0.435 e. The number of nitrogens with zero attached hydrogens (tertiary/aromatic N) is 5. The Kier molecular flexibility index (Phi) is 11.1. The Morgan fingerprint density at radius 2 is 1.81 bits per heavy atom. The number of methoxy groups -OCH3 is 2. The third-order valence-corrected chi connectivity index (χ3v) is 11.1. The molecule has 0 radical (unpaired) electrons. The first-order valence-corrected chi connectivity index (χ1v) is 18.0. The standard InChI is InChI=1S/C37H43ClF3N5O7/c1-36(35(49)53-20-22-10-11-23(50-3)18-30(22)51-4)15-6-5-8-25(36)34(48)46-17-14-24-26(38)12-13-29(32(24)28(46)19-45-16-7-9-31(45)47)52-21-27-33(37(39,40)41)44(2)43-42-27/h10-13,18,25,28H,5-9,14-17,19-21H2,1-4H3/t25-,28?,36-/m0/s1. The number of hydrogen-bond donors (Lipinski definition) is 0. The Hall–Kier alpha value is -4.53. The molecule has 1 aromatic heterocycles. The summed E-state index contributed by atoms with van der Waals surface area (Å²) < 4.78 is 64.9. The van der Waals surface area contributed by atoms with Crippen LogP contribution in [0.2, 0.25) is 5.02 Å². The number of likely N-dealkylation sites (tertiary alicyclic amines) is 1. The van der Waals surface area contributed by atoms with E-state index in [0.717, 1.165) is 19.9 Å². The molecule has 12 nitrogen and oxygen atoms in total. The van der Waals surface area contributed by atoms with E-state index < -0.39 is 47.5 Å². The van der Waals surface area contributed by atoms with E-state index in [2.05, 4.69) is 10.3 Å². The van der Waals surface area contributed by atoms with Gasteiger partial charge in [0.25, 0.3) is 0 Å². The minimum absolute atomic E-state index is 0.0663. The summed E-state index contributed by atoms with van der Waals surface area (Å²) in [5.74, 6) is -0.279. The van der Waals surface area contributed by atoms with Crippen LogP contribution in [0.4, 0.5) is 13.2 Å². The molecule has 0 N–H and O–H groups in total. The van der Waals surface area contributed by atoms with Crippen molar-refractivity contribution in [3.63, 3.8) is 0 Å². The first kappa shape index (κ1) is 38.2. The van der Waals surface area contributed by atoms with Gasteiger partial charge in [0.2, 0.25) is 11.8 Å². The van der Waals surface area contributed by atoms with Gasteiger partial charge in [-0.25, -0.2) is 4.68 Å². The summed E-state index contributed by atoms with van der Waals surface area (Å²) in [6.07, 6.45) is -1.04. The summed E-state index contributed by atoms with van der Waals surface area (Å²) in [6, 6.07) is 7.62.